The van der Waals surface area contributed by atoms with Gasteiger partial charge in [0.15, 0.2) is 6.61 Å². The minimum absolute atomic E-state index is 0.166. The second-order valence-electron chi connectivity index (χ2n) is 5.69. The molecule has 26 heavy (non-hydrogen) atoms. The molecule has 8 nitrogen and oxygen atoms in total. The molecule has 144 valence electrons. The van der Waals surface area contributed by atoms with E-state index in [9.17, 15) is 32.3 Å². The van der Waals surface area contributed by atoms with E-state index in [2.05, 4.69) is 10.1 Å². The second kappa shape index (κ2) is 9.02. The lowest BCUT2D eigenvalue weighted by atomic mass is 10.2. The van der Waals surface area contributed by atoms with Crippen molar-refractivity contribution in [2.24, 2.45) is 5.92 Å². The van der Waals surface area contributed by atoms with Gasteiger partial charge < -0.3 is 14.6 Å². The third kappa shape index (κ3) is 7.36. The zero-order valence-electron chi connectivity index (χ0n) is 14.1. The van der Waals surface area contributed by atoms with Crippen molar-refractivity contribution in [1.29, 1.82) is 0 Å². The van der Waals surface area contributed by atoms with Gasteiger partial charge in [0.2, 0.25) is 0 Å². The Balaban J connectivity index is 2.53. The summed E-state index contributed by atoms with van der Waals surface area (Å²) in [4.78, 5) is 45.9. The summed E-state index contributed by atoms with van der Waals surface area (Å²) < 4.78 is 42.9. The molecule has 2 N–H and O–H groups in total. The van der Waals surface area contributed by atoms with E-state index >= 15 is 0 Å². The van der Waals surface area contributed by atoms with Crippen LogP contribution in [0.4, 0.5) is 18.0 Å². The molecule has 0 radical (unpaired) electrons. The van der Waals surface area contributed by atoms with Gasteiger partial charge in [-0.2, -0.15) is 13.2 Å². The van der Waals surface area contributed by atoms with Crippen LogP contribution in [0.3, 0.4) is 0 Å². The number of pyridine rings is 1. The number of amides is 3. The number of nitrogens with zero attached hydrogens (tertiary/aromatic N) is 1. The maximum Gasteiger partial charge on any atom is 0.417 e. The molecule has 0 saturated carbocycles. The molecule has 3 amide bonds. The summed E-state index contributed by atoms with van der Waals surface area (Å²) in [6, 6.07) is 0.490. The molecular formula is C15H18F3N3O5. The fourth-order valence-electron chi connectivity index (χ4n) is 1.66. The van der Waals surface area contributed by atoms with Crippen LogP contribution in [0.1, 0.15) is 19.4 Å². The van der Waals surface area contributed by atoms with Crippen LogP contribution in [0.2, 0.25) is 0 Å². The molecule has 0 aliphatic heterocycles. The third-order valence-corrected chi connectivity index (χ3v) is 2.90. The fourth-order valence-corrected chi connectivity index (χ4v) is 1.66. The molecule has 0 atom stereocenters. The Kier molecular flexibility index (Phi) is 7.35. The number of esters is 1. The molecule has 1 aromatic heterocycles. The van der Waals surface area contributed by atoms with Gasteiger partial charge in [0.25, 0.3) is 11.5 Å². The predicted molar refractivity (Wildman–Crippen MR) is 83.0 cm³/mol. The summed E-state index contributed by atoms with van der Waals surface area (Å²) in [5.41, 5.74) is -1.95. The number of carbonyl (C=O) groups is 3. The number of rotatable bonds is 6. The van der Waals surface area contributed by atoms with E-state index in [1.54, 1.807) is 0 Å². The molecule has 0 aliphatic rings. The van der Waals surface area contributed by atoms with Gasteiger partial charge in [-0.25, -0.2) is 4.79 Å². The molecule has 1 heterocycles. The van der Waals surface area contributed by atoms with Crippen molar-refractivity contribution in [3.05, 3.63) is 34.2 Å². The summed E-state index contributed by atoms with van der Waals surface area (Å²) in [6.07, 6.45) is -4.20. The van der Waals surface area contributed by atoms with Gasteiger partial charge in [-0.1, -0.05) is 13.8 Å². The average Bonchev–Trinajstić information content (AvgIpc) is 2.52. The van der Waals surface area contributed by atoms with E-state index in [0.29, 0.717) is 29.4 Å². The molecule has 0 aliphatic carbocycles. The van der Waals surface area contributed by atoms with Crippen LogP contribution < -0.4 is 16.2 Å². The smallest absolute Gasteiger partial charge is 0.417 e. The minimum atomic E-state index is -4.68. The van der Waals surface area contributed by atoms with E-state index in [-0.39, 0.29) is 5.92 Å². The predicted octanol–water partition coefficient (Wildman–Crippen LogP) is 0.892. The van der Waals surface area contributed by atoms with Crippen molar-refractivity contribution in [3.8, 4) is 0 Å². The molecule has 0 spiro atoms. The number of carbonyl (C=O) groups excluding carboxylic acids is 3. The molecule has 0 bridgehead atoms. The highest BCUT2D eigenvalue weighted by Gasteiger charge is 2.31. The highest BCUT2D eigenvalue weighted by molar-refractivity contribution is 5.95. The minimum Gasteiger partial charge on any atom is -0.454 e. The lowest BCUT2D eigenvalue weighted by Gasteiger charge is -2.11. The Bertz CT molecular complexity index is 728. The molecule has 11 heteroatoms. The molecule has 1 rings (SSSR count). The number of ether oxygens (including phenoxy) is 1. The van der Waals surface area contributed by atoms with Gasteiger partial charge >= 0.3 is 18.2 Å². The Morgan fingerprint density at radius 1 is 1.23 bits per heavy atom. The van der Waals surface area contributed by atoms with Gasteiger partial charge in [0.1, 0.15) is 6.54 Å². The number of alkyl halides is 3. The van der Waals surface area contributed by atoms with Crippen molar-refractivity contribution in [2.75, 3.05) is 13.2 Å². The first kappa shape index (κ1) is 21.2. The second-order valence-corrected chi connectivity index (χ2v) is 5.69. The number of nitrogens with one attached hydrogen (secondary N) is 2. The van der Waals surface area contributed by atoms with E-state index in [0.717, 1.165) is 0 Å². The van der Waals surface area contributed by atoms with Gasteiger partial charge in [0, 0.05) is 18.8 Å². The summed E-state index contributed by atoms with van der Waals surface area (Å²) in [5, 5.41) is 4.32. The maximum absolute atomic E-state index is 12.6. The first-order valence-electron chi connectivity index (χ1n) is 7.50. The van der Waals surface area contributed by atoms with Crippen LogP contribution >= 0.6 is 0 Å². The van der Waals surface area contributed by atoms with Crippen LogP contribution in [0.25, 0.3) is 0 Å². The van der Waals surface area contributed by atoms with Crippen molar-refractivity contribution in [3.63, 3.8) is 0 Å². The van der Waals surface area contributed by atoms with Crippen LogP contribution in [-0.2, 0) is 27.0 Å². The van der Waals surface area contributed by atoms with Crippen molar-refractivity contribution in [2.45, 2.75) is 26.6 Å². The standard InChI is InChI=1S/C15H18F3N3O5/c1-9(2)5-19-14(25)20-11(22)8-26-13(24)7-21-6-10(15(16,17)18)3-4-12(21)23/h3-4,6,9H,5,7-8H2,1-2H3,(H2,19,20,22,25). The first-order valence-corrected chi connectivity index (χ1v) is 7.50. The average molecular weight is 377 g/mol. The number of hydrogen-bond acceptors (Lipinski definition) is 5. The van der Waals surface area contributed by atoms with Crippen LogP contribution in [-0.4, -0.2) is 35.6 Å². The summed E-state index contributed by atoms with van der Waals surface area (Å²) in [5.74, 6) is -1.86. The quantitative estimate of drug-likeness (QED) is 0.716. The molecular weight excluding hydrogens is 359 g/mol. The van der Waals surface area contributed by atoms with Gasteiger partial charge in [-0.3, -0.25) is 19.7 Å². The van der Waals surface area contributed by atoms with Gasteiger partial charge in [-0.15, -0.1) is 0 Å². The lowest BCUT2D eigenvalue weighted by molar-refractivity contribution is -0.149. The summed E-state index contributed by atoms with van der Waals surface area (Å²) >= 11 is 0. The Morgan fingerprint density at radius 3 is 2.46 bits per heavy atom. The topological polar surface area (TPSA) is 106 Å². The first-order chi connectivity index (χ1) is 12.0. The number of urea groups is 1. The van der Waals surface area contributed by atoms with Crippen molar-refractivity contribution >= 4 is 17.9 Å². The number of aromatic nitrogens is 1. The van der Waals surface area contributed by atoms with E-state index < -0.39 is 48.4 Å². The van der Waals surface area contributed by atoms with E-state index in [1.807, 2.05) is 19.2 Å². The molecule has 0 fully saturated rings. The van der Waals surface area contributed by atoms with Gasteiger partial charge in [-0.05, 0) is 12.0 Å². The highest BCUT2D eigenvalue weighted by Crippen LogP contribution is 2.27. The normalized spacial score (nSPS) is 11.2. The third-order valence-electron chi connectivity index (χ3n) is 2.90. The molecule has 0 saturated heterocycles. The van der Waals surface area contributed by atoms with Gasteiger partial charge in [0.05, 0.1) is 5.56 Å². The highest BCUT2D eigenvalue weighted by atomic mass is 19.4. The zero-order chi connectivity index (χ0) is 19.9. The zero-order valence-corrected chi connectivity index (χ0v) is 14.1. The Hall–Kier alpha value is -2.85. The lowest BCUT2D eigenvalue weighted by Crippen LogP contribution is -2.42. The van der Waals surface area contributed by atoms with Crippen molar-refractivity contribution in [1.82, 2.24) is 15.2 Å². The number of halogens is 3. The summed E-state index contributed by atoms with van der Waals surface area (Å²) in [7, 11) is 0. The number of imide groups is 1. The summed E-state index contributed by atoms with van der Waals surface area (Å²) in [6.45, 7) is 2.40. The largest absolute Gasteiger partial charge is 0.454 e. The monoisotopic (exact) mass is 377 g/mol. The Morgan fingerprint density at radius 2 is 1.88 bits per heavy atom. The fraction of sp³-hybridized carbons (Fsp3) is 0.467. The Labute approximate surface area is 146 Å². The molecule has 0 aromatic carbocycles. The van der Waals surface area contributed by atoms with Crippen LogP contribution in [0.15, 0.2) is 23.1 Å². The van der Waals surface area contributed by atoms with Crippen molar-refractivity contribution < 1.29 is 32.3 Å². The van der Waals surface area contributed by atoms with E-state index in [4.69, 9.17) is 0 Å². The SMILES string of the molecule is CC(C)CNC(=O)NC(=O)COC(=O)Cn1cc(C(F)(F)F)ccc1=O. The maximum atomic E-state index is 12.6. The molecule has 1 aromatic rings. The van der Waals surface area contributed by atoms with Crippen LogP contribution in [0.5, 0.6) is 0 Å². The number of hydrogen-bond donors (Lipinski definition) is 2. The molecule has 0 unspecified atom stereocenters. The van der Waals surface area contributed by atoms with E-state index in [1.165, 1.54) is 0 Å². The van der Waals surface area contributed by atoms with Crippen LogP contribution in [0, 0.1) is 5.92 Å².